The van der Waals surface area contributed by atoms with E-state index in [4.69, 9.17) is 9.47 Å². The molecule has 0 amide bonds. The van der Waals surface area contributed by atoms with Gasteiger partial charge in [0.05, 0.1) is 6.10 Å². The minimum Gasteiger partial charge on any atom is -0.490 e. The fourth-order valence-corrected chi connectivity index (χ4v) is 1.75. The number of benzene rings is 1. The van der Waals surface area contributed by atoms with E-state index in [1.165, 1.54) is 5.56 Å². The van der Waals surface area contributed by atoms with Crippen LogP contribution < -0.4 is 4.74 Å². The fourth-order valence-electron chi connectivity index (χ4n) is 1.75. The second-order valence-corrected chi connectivity index (χ2v) is 5.46. The van der Waals surface area contributed by atoms with Gasteiger partial charge >= 0.3 is 0 Å². The Morgan fingerprint density at radius 2 is 1.82 bits per heavy atom. The lowest BCUT2D eigenvalue weighted by Crippen LogP contribution is -2.18. The molecule has 0 saturated carbocycles. The van der Waals surface area contributed by atoms with Crippen LogP contribution in [0.2, 0.25) is 0 Å². The molecule has 0 N–H and O–H groups in total. The molecular formula is C15H24O2. The zero-order valence-electron chi connectivity index (χ0n) is 11.6. The van der Waals surface area contributed by atoms with Crippen LogP contribution in [0.25, 0.3) is 0 Å². The van der Waals surface area contributed by atoms with Crippen LogP contribution in [-0.4, -0.2) is 19.8 Å². The standard InChI is InChI=1S/C15H24O2/c1-12(10-11-16-5)17-14-9-7-6-8-13(14)15(2,3)4/h6-9,12H,10-11H2,1-5H3. The van der Waals surface area contributed by atoms with E-state index in [1.807, 2.05) is 12.1 Å². The molecule has 1 atom stereocenters. The van der Waals surface area contributed by atoms with Gasteiger partial charge in [-0.05, 0) is 24.0 Å². The van der Waals surface area contributed by atoms with Gasteiger partial charge in [-0.15, -0.1) is 0 Å². The van der Waals surface area contributed by atoms with E-state index in [2.05, 4.69) is 39.8 Å². The first-order valence-corrected chi connectivity index (χ1v) is 6.20. The van der Waals surface area contributed by atoms with E-state index < -0.39 is 0 Å². The molecule has 0 radical (unpaired) electrons. The molecule has 0 fully saturated rings. The molecule has 1 aromatic rings. The number of hydrogen-bond acceptors (Lipinski definition) is 2. The average molecular weight is 236 g/mol. The predicted octanol–water partition coefficient (Wildman–Crippen LogP) is 3.79. The Balaban J connectivity index is 2.77. The van der Waals surface area contributed by atoms with Gasteiger partial charge in [-0.1, -0.05) is 39.0 Å². The lowest BCUT2D eigenvalue weighted by Gasteiger charge is -2.24. The number of para-hydroxylation sites is 1. The van der Waals surface area contributed by atoms with E-state index in [1.54, 1.807) is 7.11 Å². The zero-order valence-corrected chi connectivity index (χ0v) is 11.6. The zero-order chi connectivity index (χ0) is 12.9. The molecule has 2 nitrogen and oxygen atoms in total. The van der Waals surface area contributed by atoms with Crippen molar-refractivity contribution < 1.29 is 9.47 Å². The third-order valence-corrected chi connectivity index (χ3v) is 2.75. The first kappa shape index (κ1) is 14.0. The minimum absolute atomic E-state index is 0.109. The van der Waals surface area contributed by atoms with Crippen LogP contribution in [0.3, 0.4) is 0 Å². The summed E-state index contributed by atoms with van der Waals surface area (Å²) < 4.78 is 11.1. The Morgan fingerprint density at radius 3 is 2.41 bits per heavy atom. The van der Waals surface area contributed by atoms with Crippen LogP contribution in [0.15, 0.2) is 24.3 Å². The lowest BCUT2D eigenvalue weighted by atomic mass is 9.86. The van der Waals surface area contributed by atoms with E-state index in [0.717, 1.165) is 18.8 Å². The maximum atomic E-state index is 5.99. The van der Waals surface area contributed by atoms with Gasteiger partial charge in [0.25, 0.3) is 0 Å². The molecule has 0 spiro atoms. The normalized spacial score (nSPS) is 13.5. The molecule has 0 aliphatic carbocycles. The maximum Gasteiger partial charge on any atom is 0.123 e. The van der Waals surface area contributed by atoms with Crippen LogP contribution in [-0.2, 0) is 10.2 Å². The molecule has 0 bridgehead atoms. The average Bonchev–Trinajstić information content (AvgIpc) is 2.25. The second kappa shape index (κ2) is 6.06. The Morgan fingerprint density at radius 1 is 1.18 bits per heavy atom. The van der Waals surface area contributed by atoms with Gasteiger partial charge in [0, 0.05) is 20.1 Å². The van der Waals surface area contributed by atoms with Crippen LogP contribution in [0.4, 0.5) is 0 Å². The third kappa shape index (κ3) is 4.39. The first-order valence-electron chi connectivity index (χ1n) is 6.20. The Hall–Kier alpha value is -1.02. The van der Waals surface area contributed by atoms with E-state index >= 15 is 0 Å². The first-order chi connectivity index (χ1) is 7.95. The highest BCUT2D eigenvalue weighted by Gasteiger charge is 2.19. The van der Waals surface area contributed by atoms with E-state index in [9.17, 15) is 0 Å². The molecule has 1 aromatic carbocycles. The Labute approximate surface area is 105 Å². The third-order valence-electron chi connectivity index (χ3n) is 2.75. The van der Waals surface area contributed by atoms with Crippen molar-refractivity contribution in [1.29, 1.82) is 0 Å². The minimum atomic E-state index is 0.109. The van der Waals surface area contributed by atoms with Crippen molar-refractivity contribution in [2.24, 2.45) is 0 Å². The van der Waals surface area contributed by atoms with Crippen molar-refractivity contribution in [3.8, 4) is 5.75 Å². The number of rotatable bonds is 5. The van der Waals surface area contributed by atoms with Gasteiger partial charge in [-0.25, -0.2) is 0 Å². The quantitative estimate of drug-likeness (QED) is 0.774. The second-order valence-electron chi connectivity index (χ2n) is 5.46. The molecule has 1 unspecified atom stereocenters. The number of methoxy groups -OCH3 is 1. The van der Waals surface area contributed by atoms with E-state index in [0.29, 0.717) is 0 Å². The van der Waals surface area contributed by atoms with Gasteiger partial charge in [-0.2, -0.15) is 0 Å². The highest BCUT2D eigenvalue weighted by atomic mass is 16.5. The van der Waals surface area contributed by atoms with Crippen molar-refractivity contribution in [1.82, 2.24) is 0 Å². The Kier molecular flexibility index (Phi) is 5.01. The number of ether oxygens (including phenoxy) is 2. The van der Waals surface area contributed by atoms with Gasteiger partial charge < -0.3 is 9.47 Å². The highest BCUT2D eigenvalue weighted by Crippen LogP contribution is 2.31. The summed E-state index contributed by atoms with van der Waals surface area (Å²) in [7, 11) is 1.72. The molecule has 0 aromatic heterocycles. The molecule has 2 heteroatoms. The SMILES string of the molecule is COCCC(C)Oc1ccccc1C(C)(C)C. The summed E-state index contributed by atoms with van der Waals surface area (Å²) >= 11 is 0. The van der Waals surface area contributed by atoms with Crippen LogP contribution in [0.5, 0.6) is 5.75 Å². The van der Waals surface area contributed by atoms with Crippen molar-refractivity contribution >= 4 is 0 Å². The molecular weight excluding hydrogens is 212 g/mol. The molecule has 1 rings (SSSR count). The summed E-state index contributed by atoms with van der Waals surface area (Å²) in [6.45, 7) is 9.43. The van der Waals surface area contributed by atoms with Crippen molar-refractivity contribution in [2.45, 2.75) is 45.6 Å². The molecule has 0 heterocycles. The largest absolute Gasteiger partial charge is 0.490 e. The van der Waals surface area contributed by atoms with Crippen molar-refractivity contribution in [3.05, 3.63) is 29.8 Å². The summed E-state index contributed by atoms with van der Waals surface area (Å²) in [5.74, 6) is 0.989. The maximum absolute atomic E-state index is 5.99. The van der Waals surface area contributed by atoms with E-state index in [-0.39, 0.29) is 11.5 Å². The van der Waals surface area contributed by atoms with Crippen molar-refractivity contribution in [2.75, 3.05) is 13.7 Å². The summed E-state index contributed by atoms with van der Waals surface area (Å²) in [5.41, 5.74) is 1.36. The summed E-state index contributed by atoms with van der Waals surface area (Å²) in [4.78, 5) is 0. The van der Waals surface area contributed by atoms with Crippen LogP contribution in [0, 0.1) is 0 Å². The highest BCUT2D eigenvalue weighted by molar-refractivity contribution is 5.38. The van der Waals surface area contributed by atoms with Gasteiger partial charge in [0.1, 0.15) is 5.75 Å². The molecule has 96 valence electrons. The van der Waals surface area contributed by atoms with Crippen LogP contribution >= 0.6 is 0 Å². The molecule has 17 heavy (non-hydrogen) atoms. The summed E-state index contributed by atoms with van der Waals surface area (Å²) in [5, 5.41) is 0. The topological polar surface area (TPSA) is 18.5 Å². The predicted molar refractivity (Wildman–Crippen MR) is 71.7 cm³/mol. The van der Waals surface area contributed by atoms with Gasteiger partial charge in [0.15, 0.2) is 0 Å². The monoisotopic (exact) mass is 236 g/mol. The smallest absolute Gasteiger partial charge is 0.123 e. The van der Waals surface area contributed by atoms with Gasteiger partial charge in [0.2, 0.25) is 0 Å². The van der Waals surface area contributed by atoms with Crippen molar-refractivity contribution in [3.63, 3.8) is 0 Å². The summed E-state index contributed by atoms with van der Waals surface area (Å²) in [6, 6.07) is 8.27. The molecule has 0 saturated heterocycles. The van der Waals surface area contributed by atoms with Gasteiger partial charge in [-0.3, -0.25) is 0 Å². The number of hydrogen-bond donors (Lipinski definition) is 0. The summed E-state index contributed by atoms with van der Waals surface area (Å²) in [6.07, 6.45) is 1.09. The Bertz CT molecular complexity index is 339. The molecule has 0 aliphatic rings. The van der Waals surface area contributed by atoms with Crippen LogP contribution in [0.1, 0.15) is 39.7 Å². The lowest BCUT2D eigenvalue weighted by molar-refractivity contribution is 0.134. The molecule has 0 aliphatic heterocycles. The fraction of sp³-hybridized carbons (Fsp3) is 0.600.